The number of hydrogen-bond acceptors (Lipinski definition) is 3. The van der Waals surface area contributed by atoms with Gasteiger partial charge in [-0.1, -0.05) is 30.3 Å². The fourth-order valence-electron chi connectivity index (χ4n) is 2.09. The van der Waals surface area contributed by atoms with Crippen molar-refractivity contribution in [1.29, 1.82) is 0 Å². The lowest BCUT2D eigenvalue weighted by molar-refractivity contribution is 0.504. The Balaban J connectivity index is 1.56. The van der Waals surface area contributed by atoms with Crippen molar-refractivity contribution in [2.45, 2.75) is 38.6 Å². The van der Waals surface area contributed by atoms with Crippen molar-refractivity contribution >= 4 is 0 Å². The van der Waals surface area contributed by atoms with Gasteiger partial charge in [0, 0.05) is 12.5 Å². The van der Waals surface area contributed by atoms with Gasteiger partial charge in [0.2, 0.25) is 0 Å². The van der Waals surface area contributed by atoms with E-state index in [2.05, 4.69) is 57.8 Å². The molecule has 0 spiro atoms. The molecule has 1 heterocycles. The first kappa shape index (κ1) is 13.7. The van der Waals surface area contributed by atoms with Gasteiger partial charge in [0.05, 0.1) is 0 Å². The van der Waals surface area contributed by atoms with Gasteiger partial charge in [0.1, 0.15) is 12.2 Å². The van der Waals surface area contributed by atoms with E-state index in [1.165, 1.54) is 12.0 Å². The number of nitrogens with zero attached hydrogens (tertiary/aromatic N) is 2. The Hall–Kier alpha value is -1.68. The summed E-state index contributed by atoms with van der Waals surface area (Å²) >= 11 is 0. The summed E-state index contributed by atoms with van der Waals surface area (Å²) in [5.74, 6) is 0.971. The Kier molecular flexibility index (Phi) is 5.56. The van der Waals surface area contributed by atoms with Gasteiger partial charge in [-0.2, -0.15) is 5.10 Å². The zero-order valence-electron chi connectivity index (χ0n) is 11.5. The molecular formula is C15H22N4. The van der Waals surface area contributed by atoms with Crippen LogP contribution in [0.25, 0.3) is 0 Å². The van der Waals surface area contributed by atoms with Gasteiger partial charge < -0.3 is 5.32 Å². The van der Waals surface area contributed by atoms with Crippen molar-refractivity contribution < 1.29 is 0 Å². The molecule has 0 aliphatic heterocycles. The molecule has 2 rings (SSSR count). The lowest BCUT2D eigenvalue weighted by Gasteiger charge is -2.13. The van der Waals surface area contributed by atoms with Crippen LogP contribution in [0.2, 0.25) is 0 Å². The minimum Gasteiger partial charge on any atom is -0.314 e. The van der Waals surface area contributed by atoms with E-state index in [1.807, 2.05) is 0 Å². The predicted octanol–water partition coefficient (Wildman–Crippen LogP) is 2.35. The molecular weight excluding hydrogens is 236 g/mol. The summed E-state index contributed by atoms with van der Waals surface area (Å²) in [4.78, 5) is 4.11. The van der Waals surface area contributed by atoms with Crippen LogP contribution < -0.4 is 5.32 Å². The predicted molar refractivity (Wildman–Crippen MR) is 76.9 cm³/mol. The molecule has 1 aromatic carbocycles. The molecule has 0 aliphatic rings. The van der Waals surface area contributed by atoms with E-state index in [0.717, 1.165) is 31.6 Å². The molecule has 0 bridgehead atoms. The highest BCUT2D eigenvalue weighted by atomic mass is 15.2. The molecule has 1 atom stereocenters. The summed E-state index contributed by atoms with van der Waals surface area (Å²) in [5.41, 5.74) is 1.41. The number of aromatic amines is 1. The number of rotatable bonds is 8. The average molecular weight is 258 g/mol. The van der Waals surface area contributed by atoms with E-state index in [1.54, 1.807) is 6.33 Å². The van der Waals surface area contributed by atoms with E-state index in [-0.39, 0.29) is 0 Å². The molecule has 0 saturated carbocycles. The molecule has 102 valence electrons. The molecule has 2 N–H and O–H groups in total. The molecule has 0 fully saturated rings. The Bertz CT molecular complexity index is 438. The first-order chi connectivity index (χ1) is 9.34. The van der Waals surface area contributed by atoms with Crippen LogP contribution in [-0.2, 0) is 12.8 Å². The van der Waals surface area contributed by atoms with Gasteiger partial charge >= 0.3 is 0 Å². The largest absolute Gasteiger partial charge is 0.314 e. The quantitative estimate of drug-likeness (QED) is 0.715. The zero-order valence-corrected chi connectivity index (χ0v) is 11.5. The minimum absolute atomic E-state index is 0.551. The SMILES string of the molecule is CC(CCc1ccccc1)NCCCc1ncn[nH]1. The molecule has 0 amide bonds. The Morgan fingerprint density at radius 2 is 2.05 bits per heavy atom. The normalized spacial score (nSPS) is 12.5. The van der Waals surface area contributed by atoms with E-state index in [4.69, 9.17) is 0 Å². The van der Waals surface area contributed by atoms with Crippen LogP contribution in [0.1, 0.15) is 31.2 Å². The molecule has 1 unspecified atom stereocenters. The molecule has 0 radical (unpaired) electrons. The maximum absolute atomic E-state index is 4.11. The second kappa shape index (κ2) is 7.69. The number of aryl methyl sites for hydroxylation is 2. The second-order valence-corrected chi connectivity index (χ2v) is 4.92. The minimum atomic E-state index is 0.551. The van der Waals surface area contributed by atoms with Gasteiger partial charge in [0.15, 0.2) is 0 Å². The molecule has 0 saturated heterocycles. The average Bonchev–Trinajstić information content (AvgIpc) is 2.96. The molecule has 4 heteroatoms. The maximum atomic E-state index is 4.11. The van der Waals surface area contributed by atoms with Crippen molar-refractivity contribution in [2.75, 3.05) is 6.54 Å². The van der Waals surface area contributed by atoms with Gasteiger partial charge in [0.25, 0.3) is 0 Å². The Labute approximate surface area is 114 Å². The van der Waals surface area contributed by atoms with Crippen LogP contribution in [-0.4, -0.2) is 27.8 Å². The highest BCUT2D eigenvalue weighted by Crippen LogP contribution is 2.04. The number of H-pyrrole nitrogens is 1. The van der Waals surface area contributed by atoms with Crippen LogP contribution in [0.3, 0.4) is 0 Å². The van der Waals surface area contributed by atoms with Crippen LogP contribution in [0, 0.1) is 0 Å². The number of nitrogens with one attached hydrogen (secondary N) is 2. The zero-order chi connectivity index (χ0) is 13.3. The van der Waals surface area contributed by atoms with Crippen molar-refractivity contribution in [3.8, 4) is 0 Å². The third-order valence-electron chi connectivity index (χ3n) is 3.26. The fourth-order valence-corrected chi connectivity index (χ4v) is 2.09. The van der Waals surface area contributed by atoms with E-state index in [0.29, 0.717) is 6.04 Å². The monoisotopic (exact) mass is 258 g/mol. The number of aromatic nitrogens is 3. The third kappa shape index (κ3) is 5.22. The molecule has 4 nitrogen and oxygen atoms in total. The fraction of sp³-hybridized carbons (Fsp3) is 0.467. The first-order valence-electron chi connectivity index (χ1n) is 6.96. The third-order valence-corrected chi connectivity index (χ3v) is 3.26. The maximum Gasteiger partial charge on any atom is 0.137 e. The summed E-state index contributed by atoms with van der Waals surface area (Å²) < 4.78 is 0. The molecule has 0 aliphatic carbocycles. The summed E-state index contributed by atoms with van der Waals surface area (Å²) in [6, 6.07) is 11.2. The van der Waals surface area contributed by atoms with Gasteiger partial charge in [-0.3, -0.25) is 5.10 Å². The summed E-state index contributed by atoms with van der Waals surface area (Å²) in [7, 11) is 0. The van der Waals surface area contributed by atoms with Crippen LogP contribution in [0.4, 0.5) is 0 Å². The van der Waals surface area contributed by atoms with Crippen molar-refractivity contribution in [3.05, 3.63) is 48.0 Å². The number of benzene rings is 1. The smallest absolute Gasteiger partial charge is 0.137 e. The molecule has 19 heavy (non-hydrogen) atoms. The Morgan fingerprint density at radius 3 is 2.79 bits per heavy atom. The standard InChI is InChI=1S/C15H22N4/c1-13(9-10-14-6-3-2-4-7-14)16-11-5-8-15-17-12-18-19-15/h2-4,6-7,12-13,16H,5,8-11H2,1H3,(H,17,18,19). The van der Waals surface area contributed by atoms with Crippen molar-refractivity contribution in [3.63, 3.8) is 0 Å². The summed E-state index contributed by atoms with van der Waals surface area (Å²) in [6.45, 7) is 3.27. The highest BCUT2D eigenvalue weighted by molar-refractivity contribution is 5.14. The van der Waals surface area contributed by atoms with E-state index in [9.17, 15) is 0 Å². The van der Waals surface area contributed by atoms with Crippen LogP contribution >= 0.6 is 0 Å². The second-order valence-electron chi connectivity index (χ2n) is 4.92. The van der Waals surface area contributed by atoms with Crippen molar-refractivity contribution in [2.24, 2.45) is 0 Å². The van der Waals surface area contributed by atoms with Gasteiger partial charge in [-0.25, -0.2) is 4.98 Å². The van der Waals surface area contributed by atoms with E-state index >= 15 is 0 Å². The molecule has 1 aromatic heterocycles. The number of hydrogen-bond donors (Lipinski definition) is 2. The summed E-state index contributed by atoms with van der Waals surface area (Å²) in [5, 5.41) is 10.3. The van der Waals surface area contributed by atoms with Crippen LogP contribution in [0.5, 0.6) is 0 Å². The van der Waals surface area contributed by atoms with Crippen LogP contribution in [0.15, 0.2) is 36.7 Å². The molecule has 2 aromatic rings. The summed E-state index contributed by atoms with van der Waals surface area (Å²) in [6.07, 6.45) is 5.91. The van der Waals surface area contributed by atoms with Gasteiger partial charge in [-0.05, 0) is 38.3 Å². The topological polar surface area (TPSA) is 53.6 Å². The lowest BCUT2D eigenvalue weighted by atomic mass is 10.1. The lowest BCUT2D eigenvalue weighted by Crippen LogP contribution is -2.27. The van der Waals surface area contributed by atoms with Crippen molar-refractivity contribution in [1.82, 2.24) is 20.5 Å². The highest BCUT2D eigenvalue weighted by Gasteiger charge is 2.02. The Morgan fingerprint density at radius 1 is 1.21 bits per heavy atom. The van der Waals surface area contributed by atoms with E-state index < -0.39 is 0 Å². The van der Waals surface area contributed by atoms with Gasteiger partial charge in [-0.15, -0.1) is 0 Å². The first-order valence-corrected chi connectivity index (χ1v) is 6.96.